The molecule has 1 aromatic rings. The first kappa shape index (κ1) is 11.1. The van der Waals surface area contributed by atoms with Crippen molar-refractivity contribution < 1.29 is 4.79 Å². The van der Waals surface area contributed by atoms with E-state index in [1.54, 1.807) is 0 Å². The zero-order chi connectivity index (χ0) is 12.6. The normalized spacial score (nSPS) is 24.1. The second kappa shape index (κ2) is 4.03. The van der Waals surface area contributed by atoms with Gasteiger partial charge in [-0.05, 0) is 23.9 Å². The van der Waals surface area contributed by atoms with Crippen LogP contribution < -0.4 is 0 Å². The van der Waals surface area contributed by atoms with Gasteiger partial charge >= 0.3 is 0 Å². The molecule has 1 aromatic carbocycles. The Morgan fingerprint density at radius 2 is 2.11 bits per heavy atom. The van der Waals surface area contributed by atoms with Crippen molar-refractivity contribution in [2.24, 2.45) is 10.5 Å². The fourth-order valence-corrected chi connectivity index (χ4v) is 2.76. The van der Waals surface area contributed by atoms with Gasteiger partial charge in [-0.15, -0.1) is 0 Å². The Kier molecular flexibility index (Phi) is 2.49. The molecule has 92 valence electrons. The fraction of sp³-hybridized carbons (Fsp3) is 0.462. The highest BCUT2D eigenvalue weighted by atomic mass is 16.2. The van der Waals surface area contributed by atoms with Gasteiger partial charge in [0, 0.05) is 18.0 Å². The van der Waals surface area contributed by atoms with E-state index in [1.165, 1.54) is 0 Å². The Hall–Kier alpha value is -2.00. The van der Waals surface area contributed by atoms with E-state index >= 15 is 0 Å². The van der Waals surface area contributed by atoms with E-state index in [1.807, 2.05) is 35.2 Å². The predicted octanol–water partition coefficient (Wildman–Crippen LogP) is 2.49. The molecular formula is C13H14N4O. The predicted molar refractivity (Wildman–Crippen MR) is 66.5 cm³/mol. The maximum atomic E-state index is 12.3. The van der Waals surface area contributed by atoms with Crippen LogP contribution in [0.25, 0.3) is 10.4 Å². The topological polar surface area (TPSA) is 69.1 Å². The number of amides is 1. The van der Waals surface area contributed by atoms with E-state index in [9.17, 15) is 4.79 Å². The summed E-state index contributed by atoms with van der Waals surface area (Å²) in [5.74, 6) is 0.156. The van der Waals surface area contributed by atoms with Crippen LogP contribution in [-0.4, -0.2) is 23.4 Å². The van der Waals surface area contributed by atoms with Crippen molar-refractivity contribution in [1.29, 1.82) is 0 Å². The van der Waals surface area contributed by atoms with Crippen LogP contribution in [-0.2, 0) is 11.3 Å². The molecule has 5 heteroatoms. The van der Waals surface area contributed by atoms with Gasteiger partial charge in [-0.2, -0.15) is 0 Å². The molecule has 1 amide bonds. The van der Waals surface area contributed by atoms with Gasteiger partial charge in [-0.1, -0.05) is 35.4 Å². The van der Waals surface area contributed by atoms with E-state index in [0.29, 0.717) is 13.1 Å². The van der Waals surface area contributed by atoms with Crippen LogP contribution in [0.1, 0.15) is 18.4 Å². The second-order valence-corrected chi connectivity index (χ2v) is 5.05. The average molecular weight is 242 g/mol. The number of carbonyl (C=O) groups excluding carboxylic acids is 1. The highest BCUT2D eigenvalue weighted by Gasteiger charge is 2.61. The molecule has 1 aliphatic heterocycles. The highest BCUT2D eigenvalue weighted by Crippen LogP contribution is 2.55. The minimum Gasteiger partial charge on any atom is -0.337 e. The number of carbonyl (C=O) groups is 1. The lowest BCUT2D eigenvalue weighted by molar-refractivity contribution is -0.132. The molecule has 1 saturated carbocycles. The summed E-state index contributed by atoms with van der Waals surface area (Å²) in [5.41, 5.74) is 9.33. The molecule has 5 nitrogen and oxygen atoms in total. The van der Waals surface area contributed by atoms with Gasteiger partial charge < -0.3 is 4.90 Å². The van der Waals surface area contributed by atoms with E-state index in [0.717, 1.165) is 18.4 Å². The molecule has 2 aliphatic rings. The third kappa shape index (κ3) is 1.64. The van der Waals surface area contributed by atoms with Crippen molar-refractivity contribution >= 4 is 5.91 Å². The van der Waals surface area contributed by atoms with Crippen molar-refractivity contribution in [3.05, 3.63) is 46.3 Å². The largest absolute Gasteiger partial charge is 0.337 e. The van der Waals surface area contributed by atoms with E-state index in [2.05, 4.69) is 10.0 Å². The Morgan fingerprint density at radius 3 is 2.72 bits per heavy atom. The van der Waals surface area contributed by atoms with Crippen LogP contribution in [0, 0.1) is 5.41 Å². The summed E-state index contributed by atoms with van der Waals surface area (Å²) >= 11 is 0. The standard InChI is InChI=1S/C13H14N4O/c14-16-15-11-9-17(12(18)13(11)6-7-13)8-10-4-2-1-3-5-10/h1-5,11H,6-9H2. The van der Waals surface area contributed by atoms with Gasteiger partial charge in [0.2, 0.25) is 5.91 Å². The number of rotatable bonds is 3. The molecule has 1 saturated heterocycles. The average Bonchev–Trinajstić information content (AvgIpc) is 3.15. The van der Waals surface area contributed by atoms with E-state index < -0.39 is 0 Å². The first-order valence-corrected chi connectivity index (χ1v) is 6.14. The molecule has 1 atom stereocenters. The molecule has 1 spiro atoms. The Morgan fingerprint density at radius 1 is 1.39 bits per heavy atom. The summed E-state index contributed by atoms with van der Waals surface area (Å²) in [5, 5.41) is 3.80. The van der Waals surface area contributed by atoms with Gasteiger partial charge in [0.15, 0.2) is 0 Å². The quantitative estimate of drug-likeness (QED) is 0.456. The molecule has 0 radical (unpaired) electrons. The van der Waals surface area contributed by atoms with Crippen LogP contribution in [0.3, 0.4) is 0 Å². The van der Waals surface area contributed by atoms with Gasteiger partial charge in [-0.3, -0.25) is 4.79 Å². The summed E-state index contributed by atoms with van der Waals surface area (Å²) in [6, 6.07) is 9.72. The van der Waals surface area contributed by atoms with E-state index in [4.69, 9.17) is 5.53 Å². The van der Waals surface area contributed by atoms with Crippen molar-refractivity contribution in [1.82, 2.24) is 4.90 Å². The summed E-state index contributed by atoms with van der Waals surface area (Å²) in [7, 11) is 0. The minimum atomic E-state index is -0.360. The zero-order valence-electron chi connectivity index (χ0n) is 9.99. The van der Waals surface area contributed by atoms with Crippen molar-refractivity contribution in [3.63, 3.8) is 0 Å². The number of benzene rings is 1. The third-order valence-corrected chi connectivity index (χ3v) is 3.94. The van der Waals surface area contributed by atoms with E-state index in [-0.39, 0.29) is 17.4 Å². The molecule has 1 heterocycles. The van der Waals surface area contributed by atoms with Crippen LogP contribution in [0.2, 0.25) is 0 Å². The molecule has 0 N–H and O–H groups in total. The second-order valence-electron chi connectivity index (χ2n) is 5.05. The monoisotopic (exact) mass is 242 g/mol. The first-order valence-electron chi connectivity index (χ1n) is 6.14. The molecular weight excluding hydrogens is 228 g/mol. The minimum absolute atomic E-state index is 0.156. The lowest BCUT2D eigenvalue weighted by atomic mass is 10.0. The number of hydrogen-bond acceptors (Lipinski definition) is 2. The Balaban J connectivity index is 1.79. The lowest BCUT2D eigenvalue weighted by Crippen LogP contribution is -2.27. The Bertz CT molecular complexity index is 517. The maximum absolute atomic E-state index is 12.3. The van der Waals surface area contributed by atoms with Gasteiger partial charge in [0.1, 0.15) is 0 Å². The molecule has 1 aliphatic carbocycles. The van der Waals surface area contributed by atoms with Gasteiger partial charge in [-0.25, -0.2) is 0 Å². The highest BCUT2D eigenvalue weighted by molar-refractivity contribution is 5.88. The number of azide groups is 1. The lowest BCUT2D eigenvalue weighted by Gasteiger charge is -2.16. The van der Waals surface area contributed by atoms with Crippen LogP contribution in [0.5, 0.6) is 0 Å². The van der Waals surface area contributed by atoms with Crippen LogP contribution in [0.4, 0.5) is 0 Å². The van der Waals surface area contributed by atoms with Gasteiger partial charge in [0.25, 0.3) is 0 Å². The maximum Gasteiger partial charge on any atom is 0.229 e. The molecule has 18 heavy (non-hydrogen) atoms. The fourth-order valence-electron chi connectivity index (χ4n) is 2.76. The number of likely N-dealkylation sites (tertiary alicyclic amines) is 1. The summed E-state index contributed by atoms with van der Waals surface area (Å²) in [6.45, 7) is 1.16. The Labute approximate surface area is 105 Å². The number of hydrogen-bond donors (Lipinski definition) is 0. The van der Waals surface area contributed by atoms with Crippen LogP contribution in [0.15, 0.2) is 35.4 Å². The zero-order valence-corrected chi connectivity index (χ0v) is 9.99. The molecule has 0 bridgehead atoms. The van der Waals surface area contributed by atoms with Gasteiger partial charge in [0.05, 0.1) is 11.5 Å². The number of nitrogens with zero attached hydrogens (tertiary/aromatic N) is 4. The molecule has 1 unspecified atom stereocenters. The van der Waals surface area contributed by atoms with Crippen molar-refractivity contribution in [2.45, 2.75) is 25.4 Å². The summed E-state index contributed by atoms with van der Waals surface area (Å²) in [4.78, 5) is 17.0. The smallest absolute Gasteiger partial charge is 0.229 e. The third-order valence-electron chi connectivity index (χ3n) is 3.94. The summed E-state index contributed by atoms with van der Waals surface area (Å²) < 4.78 is 0. The summed E-state index contributed by atoms with van der Waals surface area (Å²) in [6.07, 6.45) is 1.72. The van der Waals surface area contributed by atoms with Crippen LogP contribution >= 0.6 is 0 Å². The first-order chi connectivity index (χ1) is 8.76. The molecule has 3 rings (SSSR count). The SMILES string of the molecule is [N-]=[N+]=NC1CN(Cc2ccccc2)C(=O)C12CC2. The van der Waals surface area contributed by atoms with Crippen molar-refractivity contribution in [3.8, 4) is 0 Å². The molecule has 0 aromatic heterocycles. The van der Waals surface area contributed by atoms with Crippen molar-refractivity contribution in [2.75, 3.05) is 6.54 Å². The molecule has 2 fully saturated rings.